The highest BCUT2D eigenvalue weighted by Gasteiger charge is 2.19. The van der Waals surface area contributed by atoms with Gasteiger partial charge >= 0.3 is 0 Å². The highest BCUT2D eigenvalue weighted by Crippen LogP contribution is 2.30. The number of benzene rings is 1. The molecule has 0 aliphatic rings. The van der Waals surface area contributed by atoms with Gasteiger partial charge in [-0.3, -0.25) is 0 Å². The first-order chi connectivity index (χ1) is 10.0. The summed E-state index contributed by atoms with van der Waals surface area (Å²) in [6, 6.07) is 5.89. The number of halogens is 4. The van der Waals surface area contributed by atoms with Gasteiger partial charge in [-0.05, 0) is 53.2 Å². The van der Waals surface area contributed by atoms with Crippen molar-refractivity contribution < 1.29 is 8.78 Å². The summed E-state index contributed by atoms with van der Waals surface area (Å²) >= 11 is 10.6. The smallest absolute Gasteiger partial charge is 0.142 e. The monoisotopic (exact) mass is 393 g/mol. The second-order valence-corrected chi connectivity index (χ2v) is 7.66. The molecule has 0 saturated heterocycles. The molecule has 1 unspecified atom stereocenters. The summed E-state index contributed by atoms with van der Waals surface area (Å²) in [7, 11) is 0. The van der Waals surface area contributed by atoms with Gasteiger partial charge in [0.25, 0.3) is 0 Å². The topological polar surface area (TPSA) is 12.0 Å². The van der Waals surface area contributed by atoms with E-state index in [1.165, 1.54) is 6.07 Å². The molecule has 0 amide bonds. The van der Waals surface area contributed by atoms with E-state index in [9.17, 15) is 8.78 Å². The van der Waals surface area contributed by atoms with Crippen LogP contribution in [-0.2, 0) is 6.42 Å². The van der Waals surface area contributed by atoms with E-state index in [1.54, 1.807) is 11.3 Å². The van der Waals surface area contributed by atoms with Crippen molar-refractivity contribution in [3.8, 4) is 0 Å². The van der Waals surface area contributed by atoms with Gasteiger partial charge in [-0.15, -0.1) is 11.3 Å². The molecule has 0 bridgehead atoms. The van der Waals surface area contributed by atoms with Gasteiger partial charge in [0, 0.05) is 22.9 Å². The third-order valence-corrected chi connectivity index (χ3v) is 5.03. The van der Waals surface area contributed by atoms with Gasteiger partial charge in [0.05, 0.1) is 8.81 Å². The van der Waals surface area contributed by atoms with Crippen LogP contribution < -0.4 is 5.32 Å². The molecule has 0 aliphatic heterocycles. The minimum atomic E-state index is -0.594. The maximum absolute atomic E-state index is 14.1. The van der Waals surface area contributed by atoms with E-state index in [0.717, 1.165) is 27.7 Å². The average Bonchev–Trinajstić information content (AvgIpc) is 2.84. The van der Waals surface area contributed by atoms with Crippen LogP contribution in [0, 0.1) is 11.6 Å². The van der Waals surface area contributed by atoms with Gasteiger partial charge in [0.15, 0.2) is 0 Å². The summed E-state index contributed by atoms with van der Waals surface area (Å²) in [6.07, 6.45) is 1.52. The van der Waals surface area contributed by atoms with E-state index in [-0.39, 0.29) is 11.1 Å². The van der Waals surface area contributed by atoms with Crippen molar-refractivity contribution in [3.63, 3.8) is 0 Å². The van der Waals surface area contributed by atoms with Crippen molar-refractivity contribution >= 4 is 38.9 Å². The molecule has 0 saturated carbocycles. The van der Waals surface area contributed by atoms with Gasteiger partial charge < -0.3 is 5.32 Å². The molecule has 1 atom stereocenters. The fraction of sp³-hybridized carbons (Fsp3) is 0.333. The lowest BCUT2D eigenvalue weighted by molar-refractivity contribution is 0.493. The third-order valence-electron chi connectivity index (χ3n) is 3.09. The predicted octanol–water partition coefficient (Wildman–Crippen LogP) is 5.73. The van der Waals surface area contributed by atoms with Crippen LogP contribution in [0.3, 0.4) is 0 Å². The molecule has 1 N–H and O–H groups in total. The molecule has 0 fully saturated rings. The lowest BCUT2D eigenvalue weighted by Crippen LogP contribution is -2.25. The zero-order chi connectivity index (χ0) is 15.4. The van der Waals surface area contributed by atoms with Crippen LogP contribution in [0.15, 0.2) is 28.1 Å². The van der Waals surface area contributed by atoms with E-state index >= 15 is 0 Å². The van der Waals surface area contributed by atoms with E-state index in [2.05, 4.69) is 21.2 Å². The number of rotatable bonds is 6. The summed E-state index contributed by atoms with van der Waals surface area (Å²) in [6.45, 7) is 2.77. The number of hydrogen-bond donors (Lipinski definition) is 1. The molecular weight excluding hydrogens is 380 g/mol. The number of nitrogens with one attached hydrogen (secondary N) is 1. The SMILES string of the molecule is CCCNC(Cc1ccc(Br)s1)c1cc(F)c(Cl)cc1F. The van der Waals surface area contributed by atoms with Gasteiger partial charge in [-0.1, -0.05) is 18.5 Å². The molecule has 21 heavy (non-hydrogen) atoms. The number of hydrogen-bond acceptors (Lipinski definition) is 2. The quantitative estimate of drug-likeness (QED) is 0.617. The van der Waals surface area contributed by atoms with Crippen molar-refractivity contribution in [2.24, 2.45) is 0 Å². The Kier molecular flexibility index (Phi) is 6.17. The Morgan fingerprint density at radius 2 is 2.05 bits per heavy atom. The van der Waals surface area contributed by atoms with Crippen molar-refractivity contribution in [1.29, 1.82) is 0 Å². The Bertz CT molecular complexity index is 618. The summed E-state index contributed by atoms with van der Waals surface area (Å²) < 4.78 is 28.8. The van der Waals surface area contributed by atoms with Crippen molar-refractivity contribution in [2.75, 3.05) is 6.54 Å². The van der Waals surface area contributed by atoms with Crippen molar-refractivity contribution in [2.45, 2.75) is 25.8 Å². The van der Waals surface area contributed by atoms with Crippen LogP contribution in [0.5, 0.6) is 0 Å². The first-order valence-corrected chi connectivity index (χ1v) is 8.62. The van der Waals surface area contributed by atoms with Crippen LogP contribution in [0.2, 0.25) is 5.02 Å². The first-order valence-electron chi connectivity index (χ1n) is 6.63. The lowest BCUT2D eigenvalue weighted by atomic mass is 10.0. The van der Waals surface area contributed by atoms with Crippen LogP contribution >= 0.6 is 38.9 Å². The highest BCUT2D eigenvalue weighted by atomic mass is 79.9. The summed E-state index contributed by atoms with van der Waals surface area (Å²) in [5.41, 5.74) is 0.315. The Hall–Kier alpha value is -0.490. The normalized spacial score (nSPS) is 12.6. The minimum Gasteiger partial charge on any atom is -0.310 e. The summed E-state index contributed by atoms with van der Waals surface area (Å²) in [4.78, 5) is 1.10. The zero-order valence-electron chi connectivity index (χ0n) is 11.4. The minimum absolute atomic E-state index is 0.190. The molecule has 2 aromatic rings. The molecule has 0 radical (unpaired) electrons. The van der Waals surface area contributed by atoms with E-state index in [4.69, 9.17) is 11.6 Å². The van der Waals surface area contributed by atoms with Crippen LogP contribution in [0.1, 0.15) is 29.8 Å². The van der Waals surface area contributed by atoms with E-state index < -0.39 is 11.6 Å². The van der Waals surface area contributed by atoms with Gasteiger partial charge in [0.2, 0.25) is 0 Å². The fourth-order valence-corrected chi connectivity index (χ4v) is 3.76. The molecule has 6 heteroatoms. The largest absolute Gasteiger partial charge is 0.310 e. The molecular formula is C15H15BrClF2NS. The Labute approximate surface area is 140 Å². The third kappa shape index (κ3) is 4.49. The van der Waals surface area contributed by atoms with E-state index in [1.807, 2.05) is 19.1 Å². The summed E-state index contributed by atoms with van der Waals surface area (Å²) in [5.74, 6) is -1.07. The van der Waals surface area contributed by atoms with Gasteiger partial charge in [0.1, 0.15) is 11.6 Å². The van der Waals surface area contributed by atoms with Crippen molar-refractivity contribution in [1.82, 2.24) is 5.32 Å². The molecule has 0 spiro atoms. The van der Waals surface area contributed by atoms with Crippen LogP contribution in [0.4, 0.5) is 8.78 Å². The lowest BCUT2D eigenvalue weighted by Gasteiger charge is -2.19. The first kappa shape index (κ1) is 16.9. The molecule has 1 aromatic heterocycles. The van der Waals surface area contributed by atoms with Gasteiger partial charge in [-0.2, -0.15) is 0 Å². The Balaban J connectivity index is 2.28. The van der Waals surface area contributed by atoms with Gasteiger partial charge in [-0.25, -0.2) is 8.78 Å². The molecule has 0 aliphatic carbocycles. The zero-order valence-corrected chi connectivity index (χ0v) is 14.6. The molecule has 1 aromatic carbocycles. The van der Waals surface area contributed by atoms with Crippen LogP contribution in [0.25, 0.3) is 0 Å². The highest BCUT2D eigenvalue weighted by molar-refractivity contribution is 9.11. The maximum atomic E-state index is 14.1. The summed E-state index contributed by atoms with van der Waals surface area (Å²) in [5, 5.41) is 3.08. The van der Waals surface area contributed by atoms with E-state index in [0.29, 0.717) is 12.0 Å². The van der Waals surface area contributed by atoms with Crippen LogP contribution in [-0.4, -0.2) is 6.54 Å². The second kappa shape index (κ2) is 7.68. The molecule has 1 nitrogen and oxygen atoms in total. The average molecular weight is 395 g/mol. The molecule has 2 rings (SSSR count). The standard InChI is InChI=1S/C15H15BrClF2NS/c1-2-5-20-14(6-9-3-4-15(16)21-9)10-7-13(19)11(17)8-12(10)18/h3-4,7-8,14,20H,2,5-6H2,1H3. The Morgan fingerprint density at radius 3 is 2.67 bits per heavy atom. The maximum Gasteiger partial charge on any atom is 0.142 e. The second-order valence-electron chi connectivity index (χ2n) is 4.70. The molecule has 114 valence electrons. The fourth-order valence-electron chi connectivity index (χ4n) is 2.08. The van der Waals surface area contributed by atoms with Crippen molar-refractivity contribution in [3.05, 3.63) is 55.1 Å². The predicted molar refractivity (Wildman–Crippen MR) is 88.1 cm³/mol. The molecule has 1 heterocycles. The Morgan fingerprint density at radius 1 is 1.29 bits per heavy atom. The number of thiophene rings is 1.